The maximum atomic E-state index is 13.5. The van der Waals surface area contributed by atoms with Gasteiger partial charge in [-0.05, 0) is 60.6 Å². The molecule has 0 spiro atoms. The van der Waals surface area contributed by atoms with Crippen molar-refractivity contribution in [2.75, 3.05) is 0 Å². The van der Waals surface area contributed by atoms with Crippen LogP contribution in [-0.4, -0.2) is 11.7 Å². The minimum Gasteiger partial charge on any atom is -0.352 e. The third-order valence-corrected chi connectivity index (χ3v) is 4.73. The smallest absolute Gasteiger partial charge is 0.220 e. The predicted molar refractivity (Wildman–Crippen MR) is 95.0 cm³/mol. The summed E-state index contributed by atoms with van der Waals surface area (Å²) in [7, 11) is 0. The lowest BCUT2D eigenvalue weighted by atomic mass is 10.0. The van der Waals surface area contributed by atoms with Gasteiger partial charge in [0.25, 0.3) is 0 Å². The number of fused-ring (bicyclic) bond motifs is 1. The van der Waals surface area contributed by atoms with E-state index in [1.807, 2.05) is 18.2 Å². The molecule has 25 heavy (non-hydrogen) atoms. The summed E-state index contributed by atoms with van der Waals surface area (Å²) >= 11 is 0. The molecule has 3 nitrogen and oxygen atoms in total. The molecule has 2 aromatic carbocycles. The molecule has 0 atom stereocenters. The van der Waals surface area contributed by atoms with Crippen molar-refractivity contribution in [3.63, 3.8) is 0 Å². The number of aryl methyl sites for hydroxylation is 3. The summed E-state index contributed by atoms with van der Waals surface area (Å²) in [5, 5.41) is 2.74. The molecule has 0 saturated carbocycles. The van der Waals surface area contributed by atoms with E-state index in [-0.39, 0.29) is 36.9 Å². The van der Waals surface area contributed by atoms with Crippen LogP contribution >= 0.6 is 0 Å². The highest BCUT2D eigenvalue weighted by Gasteiger charge is 2.15. The Bertz CT molecular complexity index is 814. The van der Waals surface area contributed by atoms with E-state index in [0.717, 1.165) is 19.3 Å². The van der Waals surface area contributed by atoms with Gasteiger partial charge in [-0.25, -0.2) is 4.39 Å². The molecule has 4 heteroatoms. The normalized spacial score (nSPS) is 12.7. The molecule has 3 rings (SSSR count). The van der Waals surface area contributed by atoms with Gasteiger partial charge >= 0.3 is 0 Å². The monoisotopic (exact) mass is 339 g/mol. The Morgan fingerprint density at radius 3 is 2.64 bits per heavy atom. The summed E-state index contributed by atoms with van der Waals surface area (Å²) in [4.78, 5) is 24.2. The number of ketones is 1. The number of hydrogen-bond acceptors (Lipinski definition) is 2. The largest absolute Gasteiger partial charge is 0.352 e. The number of carbonyl (C=O) groups excluding carboxylic acids is 2. The summed E-state index contributed by atoms with van der Waals surface area (Å²) < 4.78 is 13.5. The van der Waals surface area contributed by atoms with Crippen LogP contribution in [-0.2, 0) is 24.2 Å². The van der Waals surface area contributed by atoms with Crippen molar-refractivity contribution in [2.24, 2.45) is 0 Å². The third-order valence-electron chi connectivity index (χ3n) is 4.73. The number of carbonyl (C=O) groups is 2. The Morgan fingerprint density at radius 2 is 1.84 bits per heavy atom. The van der Waals surface area contributed by atoms with Gasteiger partial charge in [-0.1, -0.05) is 24.3 Å². The lowest BCUT2D eigenvalue weighted by molar-refractivity contribution is -0.121. The zero-order chi connectivity index (χ0) is 17.8. The van der Waals surface area contributed by atoms with Crippen LogP contribution in [0.1, 0.15) is 51.9 Å². The van der Waals surface area contributed by atoms with Crippen molar-refractivity contribution in [1.29, 1.82) is 0 Å². The highest BCUT2D eigenvalue weighted by Crippen LogP contribution is 2.23. The second-order valence-electron chi connectivity index (χ2n) is 6.62. The van der Waals surface area contributed by atoms with Gasteiger partial charge in [-0.15, -0.1) is 0 Å². The maximum Gasteiger partial charge on any atom is 0.220 e. The summed E-state index contributed by atoms with van der Waals surface area (Å²) in [6, 6.07) is 10.8. The van der Waals surface area contributed by atoms with Crippen molar-refractivity contribution >= 4 is 11.7 Å². The van der Waals surface area contributed by atoms with Crippen LogP contribution < -0.4 is 5.32 Å². The van der Waals surface area contributed by atoms with E-state index in [2.05, 4.69) is 5.32 Å². The average molecular weight is 339 g/mol. The fraction of sp³-hybridized carbons (Fsp3) is 0.333. The quantitative estimate of drug-likeness (QED) is 0.811. The van der Waals surface area contributed by atoms with Gasteiger partial charge in [0.15, 0.2) is 5.78 Å². The van der Waals surface area contributed by atoms with Gasteiger partial charge in [0.1, 0.15) is 5.82 Å². The fourth-order valence-electron chi connectivity index (χ4n) is 3.15. The number of hydrogen-bond donors (Lipinski definition) is 1. The zero-order valence-electron chi connectivity index (χ0n) is 14.4. The molecular formula is C21H22FNO2. The average Bonchev–Trinajstić information content (AvgIpc) is 3.08. The van der Waals surface area contributed by atoms with Gasteiger partial charge in [0, 0.05) is 24.9 Å². The number of benzene rings is 2. The van der Waals surface area contributed by atoms with E-state index in [0.29, 0.717) is 16.7 Å². The Hall–Kier alpha value is -2.49. The number of amides is 1. The molecule has 0 unspecified atom stereocenters. The van der Waals surface area contributed by atoms with Crippen LogP contribution in [0.3, 0.4) is 0 Å². The zero-order valence-corrected chi connectivity index (χ0v) is 14.4. The number of rotatable bonds is 6. The Kier molecular flexibility index (Phi) is 5.27. The first kappa shape index (κ1) is 17.3. The topological polar surface area (TPSA) is 46.2 Å². The summed E-state index contributed by atoms with van der Waals surface area (Å²) in [6.07, 6.45) is 3.60. The van der Waals surface area contributed by atoms with E-state index >= 15 is 0 Å². The molecule has 1 N–H and O–H groups in total. The minimum atomic E-state index is -0.279. The predicted octanol–water partition coefficient (Wildman–Crippen LogP) is 3.90. The molecule has 2 aromatic rings. The van der Waals surface area contributed by atoms with Crippen molar-refractivity contribution in [3.8, 4) is 0 Å². The standard InChI is InChI=1S/C21H22FNO2/c1-14-5-6-15(11-19(14)22)13-23-21(25)10-9-20(24)18-8-7-16-3-2-4-17(16)12-18/h5-8,11-12H,2-4,9-10,13H2,1H3,(H,23,25). The first-order valence-electron chi connectivity index (χ1n) is 8.69. The van der Waals surface area contributed by atoms with Gasteiger partial charge < -0.3 is 5.32 Å². The van der Waals surface area contributed by atoms with Crippen molar-refractivity contribution in [2.45, 2.75) is 45.6 Å². The van der Waals surface area contributed by atoms with Crippen LogP contribution in [0.2, 0.25) is 0 Å². The lowest BCUT2D eigenvalue weighted by Crippen LogP contribution is -2.23. The molecule has 0 bridgehead atoms. The Morgan fingerprint density at radius 1 is 1.04 bits per heavy atom. The minimum absolute atomic E-state index is 0.00812. The second kappa shape index (κ2) is 7.60. The molecule has 1 amide bonds. The molecular weight excluding hydrogens is 317 g/mol. The Labute approximate surface area is 147 Å². The number of Topliss-reactive ketones (excluding diaryl/α,β-unsaturated/α-hetero) is 1. The van der Waals surface area contributed by atoms with Crippen LogP contribution in [0.15, 0.2) is 36.4 Å². The molecule has 0 aromatic heterocycles. The van der Waals surface area contributed by atoms with Crippen LogP contribution in [0.25, 0.3) is 0 Å². The van der Waals surface area contributed by atoms with E-state index < -0.39 is 0 Å². The summed E-state index contributed by atoms with van der Waals surface area (Å²) in [5.41, 5.74) is 4.57. The molecule has 0 saturated heterocycles. The fourth-order valence-corrected chi connectivity index (χ4v) is 3.15. The number of halogens is 1. The van der Waals surface area contributed by atoms with E-state index in [4.69, 9.17) is 0 Å². The van der Waals surface area contributed by atoms with Gasteiger partial charge in [-0.3, -0.25) is 9.59 Å². The van der Waals surface area contributed by atoms with Gasteiger partial charge in [0.05, 0.1) is 0 Å². The maximum absolute atomic E-state index is 13.5. The van der Waals surface area contributed by atoms with Crippen LogP contribution in [0.4, 0.5) is 4.39 Å². The van der Waals surface area contributed by atoms with Gasteiger partial charge in [0.2, 0.25) is 5.91 Å². The first-order chi connectivity index (χ1) is 12.0. The first-order valence-corrected chi connectivity index (χ1v) is 8.69. The SMILES string of the molecule is Cc1ccc(CNC(=O)CCC(=O)c2ccc3c(c2)CCC3)cc1F. The molecule has 0 aliphatic heterocycles. The molecule has 0 heterocycles. The van der Waals surface area contributed by atoms with E-state index in [1.165, 1.54) is 17.2 Å². The molecule has 0 fully saturated rings. The van der Waals surface area contributed by atoms with Crippen molar-refractivity contribution in [3.05, 3.63) is 70.0 Å². The highest BCUT2D eigenvalue weighted by molar-refractivity contribution is 5.98. The molecule has 1 aliphatic rings. The summed E-state index contributed by atoms with van der Waals surface area (Å²) in [5.74, 6) is -0.486. The Balaban J connectivity index is 1.48. The lowest BCUT2D eigenvalue weighted by Gasteiger charge is -2.07. The molecule has 0 radical (unpaired) electrons. The van der Waals surface area contributed by atoms with Crippen LogP contribution in [0, 0.1) is 12.7 Å². The van der Waals surface area contributed by atoms with Crippen molar-refractivity contribution < 1.29 is 14.0 Å². The van der Waals surface area contributed by atoms with Crippen LogP contribution in [0.5, 0.6) is 0 Å². The highest BCUT2D eigenvalue weighted by atomic mass is 19.1. The third kappa shape index (κ3) is 4.32. The molecule has 1 aliphatic carbocycles. The second-order valence-corrected chi connectivity index (χ2v) is 6.62. The summed E-state index contributed by atoms with van der Waals surface area (Å²) in [6.45, 7) is 1.96. The van der Waals surface area contributed by atoms with E-state index in [9.17, 15) is 14.0 Å². The van der Waals surface area contributed by atoms with Gasteiger partial charge in [-0.2, -0.15) is 0 Å². The molecule has 130 valence electrons. The van der Waals surface area contributed by atoms with E-state index in [1.54, 1.807) is 19.1 Å². The van der Waals surface area contributed by atoms with Crippen molar-refractivity contribution in [1.82, 2.24) is 5.32 Å². The number of nitrogens with one attached hydrogen (secondary N) is 1.